The molecular formula is C24H19N3O. The molecule has 4 aromatic rings. The van der Waals surface area contributed by atoms with Crippen LogP contribution in [0.4, 0.5) is 5.69 Å². The summed E-state index contributed by atoms with van der Waals surface area (Å²) >= 11 is 0. The van der Waals surface area contributed by atoms with Crippen molar-refractivity contribution in [2.45, 2.75) is 18.8 Å². The fraction of sp³-hybridized carbons (Fsp3) is 0.125. The molecular weight excluding hydrogens is 346 g/mol. The third-order valence-corrected chi connectivity index (χ3v) is 5.57. The minimum absolute atomic E-state index is 0.0490. The van der Waals surface area contributed by atoms with Crippen LogP contribution in [-0.2, 0) is 16.6 Å². The molecule has 1 unspecified atom stereocenters. The molecule has 0 bridgehead atoms. The van der Waals surface area contributed by atoms with Gasteiger partial charge < -0.3 is 5.32 Å². The van der Waals surface area contributed by atoms with E-state index in [2.05, 4.69) is 39.6 Å². The highest BCUT2D eigenvalue weighted by Crippen LogP contribution is 2.42. The number of hydrogen-bond donors (Lipinski definition) is 1. The van der Waals surface area contributed by atoms with Gasteiger partial charge in [0, 0.05) is 18.1 Å². The van der Waals surface area contributed by atoms with Crippen molar-refractivity contribution in [1.82, 2.24) is 9.97 Å². The molecule has 5 rings (SSSR count). The fourth-order valence-electron chi connectivity index (χ4n) is 3.99. The molecule has 0 saturated heterocycles. The number of anilines is 1. The van der Waals surface area contributed by atoms with Crippen molar-refractivity contribution in [2.75, 3.05) is 5.32 Å². The number of nitrogens with one attached hydrogen (secondary N) is 1. The van der Waals surface area contributed by atoms with Gasteiger partial charge in [-0.2, -0.15) is 0 Å². The largest absolute Gasteiger partial charge is 0.325 e. The Morgan fingerprint density at radius 2 is 1.57 bits per heavy atom. The number of benzene rings is 3. The number of amides is 1. The summed E-state index contributed by atoms with van der Waals surface area (Å²) < 4.78 is 0. The van der Waals surface area contributed by atoms with E-state index in [1.807, 2.05) is 49.4 Å². The summed E-state index contributed by atoms with van der Waals surface area (Å²) in [6.45, 7) is 2.02. The lowest BCUT2D eigenvalue weighted by atomic mass is 9.77. The second-order valence-electron chi connectivity index (χ2n) is 7.47. The van der Waals surface area contributed by atoms with Crippen molar-refractivity contribution >= 4 is 22.6 Å². The minimum Gasteiger partial charge on any atom is -0.325 e. The Labute approximate surface area is 163 Å². The van der Waals surface area contributed by atoms with Crippen LogP contribution in [0.3, 0.4) is 0 Å². The predicted molar refractivity (Wildman–Crippen MR) is 111 cm³/mol. The Hall–Kier alpha value is -3.53. The monoisotopic (exact) mass is 365 g/mol. The van der Waals surface area contributed by atoms with E-state index in [-0.39, 0.29) is 5.91 Å². The maximum atomic E-state index is 12.9. The zero-order chi connectivity index (χ0) is 19.1. The van der Waals surface area contributed by atoms with Gasteiger partial charge in [0.05, 0.1) is 16.4 Å². The molecule has 4 heteroatoms. The average Bonchev–Trinajstić information content (AvgIpc) is 2.98. The van der Waals surface area contributed by atoms with Crippen LogP contribution in [0.2, 0.25) is 0 Å². The number of hydrogen-bond acceptors (Lipinski definition) is 3. The van der Waals surface area contributed by atoms with Gasteiger partial charge in [0.25, 0.3) is 0 Å². The first kappa shape index (κ1) is 16.6. The van der Waals surface area contributed by atoms with Gasteiger partial charge in [0.1, 0.15) is 0 Å². The van der Waals surface area contributed by atoms with Gasteiger partial charge in [-0.15, -0.1) is 0 Å². The number of carbonyl (C=O) groups is 1. The van der Waals surface area contributed by atoms with Gasteiger partial charge in [-0.25, -0.2) is 0 Å². The van der Waals surface area contributed by atoms with Crippen LogP contribution in [0, 0.1) is 0 Å². The second-order valence-corrected chi connectivity index (χ2v) is 7.47. The van der Waals surface area contributed by atoms with Gasteiger partial charge in [-0.1, -0.05) is 42.5 Å². The quantitative estimate of drug-likeness (QED) is 0.570. The Morgan fingerprint density at radius 3 is 2.39 bits per heavy atom. The first-order valence-electron chi connectivity index (χ1n) is 9.34. The van der Waals surface area contributed by atoms with E-state index in [0.29, 0.717) is 6.42 Å². The maximum absolute atomic E-state index is 12.9. The van der Waals surface area contributed by atoms with E-state index in [1.165, 1.54) is 0 Å². The molecule has 1 N–H and O–H groups in total. The zero-order valence-electron chi connectivity index (χ0n) is 15.5. The summed E-state index contributed by atoms with van der Waals surface area (Å²) in [6.07, 6.45) is 4.07. The van der Waals surface area contributed by atoms with Crippen molar-refractivity contribution in [1.29, 1.82) is 0 Å². The predicted octanol–water partition coefficient (Wildman–Crippen LogP) is 4.75. The highest BCUT2D eigenvalue weighted by molar-refractivity contribution is 6.06. The molecule has 1 aromatic heterocycles. The molecule has 0 saturated carbocycles. The number of carbonyl (C=O) groups excluding carboxylic acids is 1. The molecule has 0 fully saturated rings. The first-order valence-corrected chi connectivity index (χ1v) is 9.34. The minimum atomic E-state index is -0.594. The van der Waals surface area contributed by atoms with Crippen LogP contribution in [0.25, 0.3) is 22.2 Å². The molecule has 28 heavy (non-hydrogen) atoms. The summed E-state index contributed by atoms with van der Waals surface area (Å²) in [4.78, 5) is 21.6. The van der Waals surface area contributed by atoms with E-state index in [4.69, 9.17) is 0 Å². The lowest BCUT2D eigenvalue weighted by molar-refractivity contribution is -0.120. The molecule has 1 aliphatic rings. The summed E-state index contributed by atoms with van der Waals surface area (Å²) in [6, 6.07) is 22.4. The van der Waals surface area contributed by atoms with E-state index in [9.17, 15) is 4.79 Å². The molecule has 1 amide bonds. The van der Waals surface area contributed by atoms with Crippen LogP contribution in [-0.4, -0.2) is 15.9 Å². The highest BCUT2D eigenvalue weighted by Gasteiger charge is 2.42. The standard InChI is InChI=1S/C24H19N3O/c1-24(15-16-5-3-2-4-6-16)19-13-17(7-9-20(19)27-23(24)28)18-8-10-21-22(14-18)26-12-11-25-21/h2-14H,15H2,1H3,(H,27,28). The van der Waals surface area contributed by atoms with Gasteiger partial charge >= 0.3 is 0 Å². The van der Waals surface area contributed by atoms with Crippen molar-refractivity contribution in [3.8, 4) is 11.1 Å². The van der Waals surface area contributed by atoms with Crippen LogP contribution in [0.5, 0.6) is 0 Å². The third-order valence-electron chi connectivity index (χ3n) is 5.57. The van der Waals surface area contributed by atoms with E-state index in [0.717, 1.165) is 39.0 Å². The normalized spacial score (nSPS) is 18.1. The lowest BCUT2D eigenvalue weighted by Gasteiger charge is -2.23. The highest BCUT2D eigenvalue weighted by atomic mass is 16.2. The van der Waals surface area contributed by atoms with Crippen molar-refractivity contribution in [3.63, 3.8) is 0 Å². The first-order chi connectivity index (χ1) is 13.6. The number of aromatic nitrogens is 2. The Morgan fingerprint density at radius 1 is 0.857 bits per heavy atom. The van der Waals surface area contributed by atoms with Crippen LogP contribution < -0.4 is 5.32 Å². The lowest BCUT2D eigenvalue weighted by Crippen LogP contribution is -2.33. The summed E-state index contributed by atoms with van der Waals surface area (Å²) in [5.74, 6) is 0.0490. The topological polar surface area (TPSA) is 54.9 Å². The summed E-state index contributed by atoms with van der Waals surface area (Å²) in [7, 11) is 0. The maximum Gasteiger partial charge on any atom is 0.235 e. The van der Waals surface area contributed by atoms with Gasteiger partial charge in [0.15, 0.2) is 0 Å². The van der Waals surface area contributed by atoms with E-state index in [1.54, 1.807) is 12.4 Å². The zero-order valence-corrected chi connectivity index (χ0v) is 15.5. The average molecular weight is 365 g/mol. The number of rotatable bonds is 3. The van der Waals surface area contributed by atoms with Crippen LogP contribution in [0.15, 0.2) is 79.1 Å². The summed E-state index contributed by atoms with van der Waals surface area (Å²) in [5, 5.41) is 3.06. The van der Waals surface area contributed by atoms with E-state index >= 15 is 0 Å². The Balaban J connectivity index is 1.59. The van der Waals surface area contributed by atoms with Crippen LogP contribution in [0.1, 0.15) is 18.1 Å². The molecule has 136 valence electrons. The molecule has 0 spiro atoms. The SMILES string of the molecule is CC1(Cc2ccccc2)C(=O)Nc2ccc(-c3ccc4nccnc4c3)cc21. The molecule has 4 nitrogen and oxygen atoms in total. The molecule has 1 aliphatic heterocycles. The smallest absolute Gasteiger partial charge is 0.235 e. The van der Waals surface area contributed by atoms with Crippen molar-refractivity contribution in [3.05, 3.63) is 90.3 Å². The van der Waals surface area contributed by atoms with Gasteiger partial charge in [-0.3, -0.25) is 14.8 Å². The Bertz CT molecular complexity index is 1200. The van der Waals surface area contributed by atoms with Crippen molar-refractivity contribution in [2.24, 2.45) is 0 Å². The van der Waals surface area contributed by atoms with Crippen molar-refractivity contribution < 1.29 is 4.79 Å². The molecule has 0 aliphatic carbocycles. The molecule has 0 radical (unpaired) electrons. The molecule has 3 aromatic carbocycles. The van der Waals surface area contributed by atoms with Gasteiger partial charge in [0.2, 0.25) is 5.91 Å². The third kappa shape index (κ3) is 2.65. The molecule has 2 heterocycles. The molecule has 1 atom stereocenters. The fourth-order valence-corrected chi connectivity index (χ4v) is 3.99. The van der Waals surface area contributed by atoms with Crippen LogP contribution >= 0.6 is 0 Å². The van der Waals surface area contributed by atoms with Gasteiger partial charge in [-0.05, 0) is 59.9 Å². The number of fused-ring (bicyclic) bond motifs is 2. The second kappa shape index (κ2) is 6.27. The summed E-state index contributed by atoms with van der Waals surface area (Å²) in [5.41, 5.74) is 6.37. The Kier molecular flexibility index (Phi) is 3.72. The number of nitrogens with zero attached hydrogens (tertiary/aromatic N) is 2. The van der Waals surface area contributed by atoms with E-state index < -0.39 is 5.41 Å².